The lowest BCUT2D eigenvalue weighted by Gasteiger charge is -2.08. The molecule has 0 unspecified atom stereocenters. The number of nitrogens with one attached hydrogen (secondary N) is 2. The Bertz CT molecular complexity index is 731. The summed E-state index contributed by atoms with van der Waals surface area (Å²) in [6.07, 6.45) is 0. The van der Waals surface area contributed by atoms with E-state index in [2.05, 4.69) is 32.6 Å². The largest absolute Gasteiger partial charge is 0.351 e. The molecule has 0 fully saturated rings. The van der Waals surface area contributed by atoms with Crippen LogP contribution in [0.25, 0.3) is 0 Å². The quantitative estimate of drug-likeness (QED) is 0.688. The molecule has 0 spiro atoms. The third-order valence-electron chi connectivity index (χ3n) is 2.88. The fourth-order valence-corrected chi connectivity index (χ4v) is 3.06. The van der Waals surface area contributed by atoms with E-state index >= 15 is 0 Å². The van der Waals surface area contributed by atoms with Gasteiger partial charge in [0.1, 0.15) is 0 Å². The van der Waals surface area contributed by atoms with Crippen LogP contribution in [0.1, 0.15) is 5.56 Å². The van der Waals surface area contributed by atoms with Crippen LogP contribution in [0, 0.1) is 3.57 Å². The summed E-state index contributed by atoms with van der Waals surface area (Å²) in [5.41, 5.74) is 0.955. The van der Waals surface area contributed by atoms with Crippen LogP contribution >= 0.6 is 22.6 Å². The Balaban J connectivity index is 1.86. The summed E-state index contributed by atoms with van der Waals surface area (Å²) in [6, 6.07) is 15.8. The van der Waals surface area contributed by atoms with Crippen molar-refractivity contribution in [3.63, 3.8) is 0 Å². The van der Waals surface area contributed by atoms with Gasteiger partial charge in [0.15, 0.2) is 0 Å². The summed E-state index contributed by atoms with van der Waals surface area (Å²) in [6.45, 7) is 0.0755. The Morgan fingerprint density at radius 3 is 2.27 bits per heavy atom. The maximum Gasteiger partial charge on any atom is 0.241 e. The molecule has 0 atom stereocenters. The maximum atomic E-state index is 12.0. The van der Waals surface area contributed by atoms with Crippen LogP contribution < -0.4 is 10.0 Å². The van der Waals surface area contributed by atoms with Gasteiger partial charge in [0.2, 0.25) is 15.9 Å². The zero-order valence-corrected chi connectivity index (χ0v) is 14.6. The van der Waals surface area contributed by atoms with E-state index in [1.165, 1.54) is 12.1 Å². The Morgan fingerprint density at radius 1 is 1.00 bits per heavy atom. The molecule has 1 amide bonds. The van der Waals surface area contributed by atoms with E-state index < -0.39 is 10.0 Å². The number of sulfonamides is 1. The van der Waals surface area contributed by atoms with Crippen molar-refractivity contribution in [3.05, 3.63) is 63.7 Å². The highest BCUT2D eigenvalue weighted by molar-refractivity contribution is 14.1. The van der Waals surface area contributed by atoms with E-state index in [0.717, 1.165) is 9.13 Å². The Hall–Kier alpha value is -1.45. The van der Waals surface area contributed by atoms with Crippen molar-refractivity contribution >= 4 is 38.5 Å². The highest BCUT2D eigenvalue weighted by Crippen LogP contribution is 2.11. The molecule has 0 bridgehead atoms. The summed E-state index contributed by atoms with van der Waals surface area (Å²) < 4.78 is 27.3. The van der Waals surface area contributed by atoms with Gasteiger partial charge < -0.3 is 5.32 Å². The average molecular weight is 430 g/mol. The first kappa shape index (κ1) is 16.9. The number of hydrogen-bond donors (Lipinski definition) is 2. The third-order valence-corrected chi connectivity index (χ3v) is 5.02. The maximum absolute atomic E-state index is 12.0. The van der Waals surface area contributed by atoms with Crippen LogP contribution in [0.3, 0.4) is 0 Å². The van der Waals surface area contributed by atoms with Gasteiger partial charge in [-0.15, -0.1) is 0 Å². The smallest absolute Gasteiger partial charge is 0.241 e. The topological polar surface area (TPSA) is 75.3 Å². The summed E-state index contributed by atoms with van der Waals surface area (Å²) in [4.78, 5) is 11.9. The standard InChI is InChI=1S/C15H15IN2O3S/c16-13-6-8-14(9-7-13)22(20,21)18-11-15(19)17-10-12-4-2-1-3-5-12/h1-9,18H,10-11H2,(H,17,19). The molecule has 5 nitrogen and oxygen atoms in total. The monoisotopic (exact) mass is 430 g/mol. The van der Waals surface area contributed by atoms with E-state index in [9.17, 15) is 13.2 Å². The van der Waals surface area contributed by atoms with Crippen LogP contribution in [-0.2, 0) is 21.4 Å². The molecule has 0 aliphatic rings. The Kier molecular flexibility index (Phi) is 5.92. The van der Waals surface area contributed by atoms with E-state index in [0.29, 0.717) is 6.54 Å². The van der Waals surface area contributed by atoms with Crippen LogP contribution in [0.2, 0.25) is 0 Å². The van der Waals surface area contributed by atoms with Gasteiger partial charge in [0, 0.05) is 10.1 Å². The number of hydrogen-bond acceptors (Lipinski definition) is 3. The molecule has 0 aliphatic carbocycles. The highest BCUT2D eigenvalue weighted by Gasteiger charge is 2.15. The molecule has 2 aromatic carbocycles. The normalized spacial score (nSPS) is 11.1. The van der Waals surface area contributed by atoms with Crippen molar-refractivity contribution in [1.82, 2.24) is 10.0 Å². The molecular weight excluding hydrogens is 415 g/mol. The van der Waals surface area contributed by atoms with Crippen molar-refractivity contribution < 1.29 is 13.2 Å². The van der Waals surface area contributed by atoms with E-state index in [4.69, 9.17) is 0 Å². The minimum Gasteiger partial charge on any atom is -0.351 e. The van der Waals surface area contributed by atoms with E-state index in [1.54, 1.807) is 12.1 Å². The second kappa shape index (κ2) is 7.70. The molecule has 0 radical (unpaired) electrons. The van der Waals surface area contributed by atoms with Gasteiger partial charge in [-0.05, 0) is 52.4 Å². The molecule has 0 aromatic heterocycles. The van der Waals surface area contributed by atoms with Crippen molar-refractivity contribution in [2.45, 2.75) is 11.4 Å². The second-order valence-electron chi connectivity index (χ2n) is 4.54. The molecule has 0 saturated carbocycles. The second-order valence-corrected chi connectivity index (χ2v) is 7.55. The lowest BCUT2D eigenvalue weighted by molar-refractivity contribution is -0.120. The third kappa shape index (κ3) is 5.08. The Morgan fingerprint density at radius 2 is 1.64 bits per heavy atom. The molecular formula is C15H15IN2O3S. The number of carbonyl (C=O) groups is 1. The first-order chi connectivity index (χ1) is 10.5. The summed E-state index contributed by atoms with van der Waals surface area (Å²) in [7, 11) is -3.67. The van der Waals surface area contributed by atoms with E-state index in [-0.39, 0.29) is 17.3 Å². The lowest BCUT2D eigenvalue weighted by atomic mass is 10.2. The van der Waals surface area contributed by atoms with Gasteiger partial charge in [-0.3, -0.25) is 4.79 Å². The van der Waals surface area contributed by atoms with Crippen molar-refractivity contribution in [2.24, 2.45) is 0 Å². The average Bonchev–Trinajstić information content (AvgIpc) is 2.52. The van der Waals surface area contributed by atoms with E-state index in [1.807, 2.05) is 30.3 Å². The zero-order valence-electron chi connectivity index (χ0n) is 11.6. The van der Waals surface area contributed by atoms with Gasteiger partial charge >= 0.3 is 0 Å². The van der Waals surface area contributed by atoms with Gasteiger partial charge in [-0.1, -0.05) is 30.3 Å². The molecule has 2 rings (SSSR count). The predicted octanol–water partition coefficient (Wildman–Crippen LogP) is 1.89. The van der Waals surface area contributed by atoms with Gasteiger partial charge in [0.25, 0.3) is 0 Å². The first-order valence-corrected chi connectivity index (χ1v) is 9.09. The number of benzene rings is 2. The fraction of sp³-hybridized carbons (Fsp3) is 0.133. The van der Waals surface area contributed by atoms with Crippen LogP contribution in [0.4, 0.5) is 0 Å². The minimum atomic E-state index is -3.67. The summed E-state index contributed by atoms with van der Waals surface area (Å²) >= 11 is 2.09. The minimum absolute atomic E-state index is 0.142. The van der Waals surface area contributed by atoms with Gasteiger partial charge in [0.05, 0.1) is 11.4 Å². The lowest BCUT2D eigenvalue weighted by Crippen LogP contribution is -2.36. The highest BCUT2D eigenvalue weighted by atomic mass is 127. The molecule has 7 heteroatoms. The predicted molar refractivity (Wildman–Crippen MR) is 92.6 cm³/mol. The number of amides is 1. The molecule has 0 aliphatic heterocycles. The van der Waals surface area contributed by atoms with Crippen molar-refractivity contribution in [2.75, 3.05) is 6.54 Å². The molecule has 0 heterocycles. The molecule has 0 saturated heterocycles. The van der Waals surface area contributed by atoms with Crippen LogP contribution in [0.5, 0.6) is 0 Å². The van der Waals surface area contributed by atoms with Crippen LogP contribution in [0.15, 0.2) is 59.5 Å². The zero-order chi connectivity index (χ0) is 16.0. The number of rotatable bonds is 6. The molecule has 22 heavy (non-hydrogen) atoms. The van der Waals surface area contributed by atoms with Crippen molar-refractivity contribution in [3.8, 4) is 0 Å². The molecule has 2 aromatic rings. The van der Waals surface area contributed by atoms with Crippen molar-refractivity contribution in [1.29, 1.82) is 0 Å². The number of carbonyl (C=O) groups excluding carboxylic acids is 1. The first-order valence-electron chi connectivity index (χ1n) is 6.53. The summed E-state index contributed by atoms with van der Waals surface area (Å²) in [5.74, 6) is -0.377. The summed E-state index contributed by atoms with van der Waals surface area (Å²) in [5, 5.41) is 2.67. The number of halogens is 1. The van der Waals surface area contributed by atoms with Crippen LogP contribution in [-0.4, -0.2) is 20.9 Å². The van der Waals surface area contributed by atoms with Gasteiger partial charge in [-0.2, -0.15) is 0 Å². The molecule has 116 valence electrons. The molecule has 2 N–H and O–H groups in total. The van der Waals surface area contributed by atoms with Gasteiger partial charge in [-0.25, -0.2) is 13.1 Å². The fourth-order valence-electron chi connectivity index (χ4n) is 1.72. The SMILES string of the molecule is O=C(CNS(=O)(=O)c1ccc(I)cc1)NCc1ccccc1. The Labute approximate surface area is 143 Å².